The van der Waals surface area contributed by atoms with Crippen molar-refractivity contribution in [3.05, 3.63) is 29.8 Å². The Morgan fingerprint density at radius 3 is 2.55 bits per heavy atom. The minimum Gasteiger partial charge on any atom is -0.366 e. The van der Waals surface area contributed by atoms with Gasteiger partial charge in [-0.15, -0.1) is 0 Å². The number of hydrogen-bond acceptors (Lipinski definition) is 6. The quantitative estimate of drug-likeness (QED) is 0.576. The van der Waals surface area contributed by atoms with Gasteiger partial charge >= 0.3 is 6.18 Å². The summed E-state index contributed by atoms with van der Waals surface area (Å²) < 4.78 is 39.4. The van der Waals surface area contributed by atoms with Crippen LogP contribution in [0.5, 0.6) is 0 Å². The Labute approximate surface area is 112 Å². The molecule has 0 unspecified atom stereocenters. The number of nitrogens with zero attached hydrogens (tertiary/aromatic N) is 4. The van der Waals surface area contributed by atoms with Gasteiger partial charge in [-0.05, 0) is 0 Å². The zero-order chi connectivity index (χ0) is 14.8. The standard InChI is InChI=1S/C10H12F3N7/c1-20-5-6(4-16-20)3-15-7-2-8(19-14)18-9(17-7)10(11,12)13/h2,4-5H,3,14H2,1H3,(H2,15,17,18,19). The third-order valence-electron chi connectivity index (χ3n) is 2.36. The molecule has 2 aromatic heterocycles. The molecule has 0 atom stereocenters. The zero-order valence-electron chi connectivity index (χ0n) is 10.4. The highest BCUT2D eigenvalue weighted by Crippen LogP contribution is 2.28. The van der Waals surface area contributed by atoms with Gasteiger partial charge in [0.15, 0.2) is 0 Å². The van der Waals surface area contributed by atoms with Gasteiger partial charge in [0.25, 0.3) is 0 Å². The highest BCUT2D eigenvalue weighted by Gasteiger charge is 2.35. The first-order valence-corrected chi connectivity index (χ1v) is 5.53. The van der Waals surface area contributed by atoms with Gasteiger partial charge in [-0.3, -0.25) is 4.68 Å². The van der Waals surface area contributed by atoms with E-state index in [1.807, 2.05) is 0 Å². The van der Waals surface area contributed by atoms with E-state index in [0.29, 0.717) is 0 Å². The van der Waals surface area contributed by atoms with Gasteiger partial charge in [0.2, 0.25) is 5.82 Å². The zero-order valence-corrected chi connectivity index (χ0v) is 10.4. The molecule has 2 heterocycles. The van der Waals surface area contributed by atoms with E-state index in [-0.39, 0.29) is 18.2 Å². The molecule has 0 saturated carbocycles. The maximum Gasteiger partial charge on any atom is 0.451 e. The van der Waals surface area contributed by atoms with Crippen LogP contribution in [0, 0.1) is 0 Å². The number of rotatable bonds is 4. The summed E-state index contributed by atoms with van der Waals surface area (Å²) in [6.07, 6.45) is -1.31. The summed E-state index contributed by atoms with van der Waals surface area (Å²) in [5.74, 6) is 3.72. The van der Waals surface area contributed by atoms with Crippen molar-refractivity contribution in [1.82, 2.24) is 19.7 Å². The predicted molar refractivity (Wildman–Crippen MR) is 65.4 cm³/mol. The van der Waals surface area contributed by atoms with Crippen LogP contribution < -0.4 is 16.6 Å². The Hall–Kier alpha value is -2.36. The van der Waals surface area contributed by atoms with Crippen molar-refractivity contribution < 1.29 is 13.2 Å². The van der Waals surface area contributed by atoms with E-state index in [1.54, 1.807) is 24.1 Å². The lowest BCUT2D eigenvalue weighted by molar-refractivity contribution is -0.144. The van der Waals surface area contributed by atoms with Gasteiger partial charge in [0.1, 0.15) is 11.6 Å². The fourth-order valence-electron chi connectivity index (χ4n) is 1.49. The summed E-state index contributed by atoms with van der Waals surface area (Å²) in [5, 5.41) is 6.71. The minimum absolute atomic E-state index is 0.0177. The van der Waals surface area contributed by atoms with Crippen molar-refractivity contribution in [1.29, 1.82) is 0 Å². The largest absolute Gasteiger partial charge is 0.451 e. The molecule has 4 N–H and O–H groups in total. The lowest BCUT2D eigenvalue weighted by atomic mass is 10.3. The second kappa shape index (κ2) is 5.33. The topological polar surface area (TPSA) is 93.7 Å². The van der Waals surface area contributed by atoms with Gasteiger partial charge < -0.3 is 10.7 Å². The average molecular weight is 287 g/mol. The van der Waals surface area contributed by atoms with Crippen LogP contribution >= 0.6 is 0 Å². The summed E-state index contributed by atoms with van der Waals surface area (Å²) in [7, 11) is 1.74. The molecule has 2 aromatic rings. The molecule has 0 amide bonds. The number of anilines is 2. The second-order valence-corrected chi connectivity index (χ2v) is 3.98. The lowest BCUT2D eigenvalue weighted by Crippen LogP contribution is -2.17. The minimum atomic E-state index is -4.64. The van der Waals surface area contributed by atoms with E-state index in [2.05, 4.69) is 25.8 Å². The molecule has 0 fully saturated rings. The molecule has 0 aliphatic heterocycles. The molecule has 10 heteroatoms. The van der Waals surface area contributed by atoms with Crippen molar-refractivity contribution in [3.63, 3.8) is 0 Å². The molecule has 108 valence electrons. The number of hydrogen-bond donors (Lipinski definition) is 3. The average Bonchev–Trinajstić information content (AvgIpc) is 2.81. The second-order valence-electron chi connectivity index (χ2n) is 3.98. The van der Waals surface area contributed by atoms with Gasteiger partial charge in [0.05, 0.1) is 6.20 Å². The molecule has 2 rings (SSSR count). The van der Waals surface area contributed by atoms with E-state index < -0.39 is 12.0 Å². The van der Waals surface area contributed by atoms with Gasteiger partial charge in [0, 0.05) is 31.4 Å². The van der Waals surface area contributed by atoms with Crippen LogP contribution in [-0.2, 0) is 19.8 Å². The van der Waals surface area contributed by atoms with Crippen molar-refractivity contribution in [2.75, 3.05) is 10.7 Å². The third-order valence-corrected chi connectivity index (χ3v) is 2.36. The van der Waals surface area contributed by atoms with Gasteiger partial charge in [-0.25, -0.2) is 15.8 Å². The first kappa shape index (κ1) is 14.1. The van der Waals surface area contributed by atoms with Gasteiger partial charge in [-0.2, -0.15) is 18.3 Å². The maximum atomic E-state index is 12.6. The molecule has 0 radical (unpaired) electrons. The summed E-state index contributed by atoms with van der Waals surface area (Å²) in [6.45, 7) is 0.284. The molecule has 0 aromatic carbocycles. The summed E-state index contributed by atoms with van der Waals surface area (Å²) in [4.78, 5) is 6.66. The fourth-order valence-corrected chi connectivity index (χ4v) is 1.49. The Bertz CT molecular complexity index is 593. The first-order chi connectivity index (χ1) is 9.38. The van der Waals surface area contributed by atoms with Gasteiger partial charge in [-0.1, -0.05) is 0 Å². The van der Waals surface area contributed by atoms with E-state index in [1.165, 1.54) is 6.07 Å². The Morgan fingerprint density at radius 1 is 1.30 bits per heavy atom. The van der Waals surface area contributed by atoms with Crippen LogP contribution in [0.2, 0.25) is 0 Å². The maximum absolute atomic E-state index is 12.6. The highest BCUT2D eigenvalue weighted by atomic mass is 19.4. The predicted octanol–water partition coefficient (Wildman–Crippen LogP) is 1.13. The molecule has 0 saturated heterocycles. The van der Waals surface area contributed by atoms with E-state index in [4.69, 9.17) is 5.84 Å². The van der Waals surface area contributed by atoms with E-state index in [0.717, 1.165) is 5.56 Å². The first-order valence-electron chi connectivity index (χ1n) is 5.53. The van der Waals surface area contributed by atoms with E-state index in [9.17, 15) is 13.2 Å². The van der Waals surface area contributed by atoms with Crippen molar-refractivity contribution in [2.45, 2.75) is 12.7 Å². The lowest BCUT2D eigenvalue weighted by Gasteiger charge is -2.10. The molecular weight excluding hydrogens is 275 g/mol. The number of aromatic nitrogens is 4. The van der Waals surface area contributed by atoms with Crippen LogP contribution in [0.4, 0.5) is 24.8 Å². The summed E-state index contributed by atoms with van der Waals surface area (Å²) in [6, 6.07) is 1.28. The molecule has 0 aliphatic carbocycles. The Kier molecular flexibility index (Phi) is 3.74. The Morgan fingerprint density at radius 2 is 2.00 bits per heavy atom. The molecule has 7 nitrogen and oxygen atoms in total. The molecule has 0 spiro atoms. The summed E-state index contributed by atoms with van der Waals surface area (Å²) in [5.41, 5.74) is 2.88. The van der Waals surface area contributed by atoms with Crippen LogP contribution in [0.1, 0.15) is 11.4 Å². The van der Waals surface area contributed by atoms with Crippen molar-refractivity contribution in [3.8, 4) is 0 Å². The van der Waals surface area contributed by atoms with Crippen LogP contribution in [0.25, 0.3) is 0 Å². The smallest absolute Gasteiger partial charge is 0.366 e. The Balaban J connectivity index is 2.18. The number of nitrogens with two attached hydrogens (primary N) is 1. The number of aryl methyl sites for hydroxylation is 1. The number of alkyl halides is 3. The molecule has 20 heavy (non-hydrogen) atoms. The van der Waals surface area contributed by atoms with Crippen LogP contribution in [-0.4, -0.2) is 19.7 Å². The summed E-state index contributed by atoms with van der Waals surface area (Å²) >= 11 is 0. The van der Waals surface area contributed by atoms with Crippen molar-refractivity contribution in [2.24, 2.45) is 12.9 Å². The number of hydrazine groups is 1. The number of nitrogens with one attached hydrogen (secondary N) is 2. The third kappa shape index (κ3) is 3.35. The molecular formula is C10H12F3N7. The molecule has 0 aliphatic rings. The number of nitrogen functional groups attached to an aromatic ring is 1. The fraction of sp³-hybridized carbons (Fsp3) is 0.300. The number of halogens is 3. The normalized spacial score (nSPS) is 11.4. The van der Waals surface area contributed by atoms with E-state index >= 15 is 0 Å². The van der Waals surface area contributed by atoms with Crippen molar-refractivity contribution >= 4 is 11.6 Å². The molecule has 0 bridgehead atoms. The monoisotopic (exact) mass is 287 g/mol. The SMILES string of the molecule is Cn1cc(CNc2cc(NN)nc(C(F)(F)F)n2)cn1. The highest BCUT2D eigenvalue weighted by molar-refractivity contribution is 5.47. The van der Waals surface area contributed by atoms with Crippen LogP contribution in [0.15, 0.2) is 18.5 Å². The van der Waals surface area contributed by atoms with Crippen LogP contribution in [0.3, 0.4) is 0 Å².